The van der Waals surface area contributed by atoms with Gasteiger partial charge in [0.15, 0.2) is 0 Å². The number of pyridine rings is 1. The number of hydrogen-bond acceptors (Lipinski definition) is 2. The first-order valence-electron chi connectivity index (χ1n) is 7.30. The van der Waals surface area contributed by atoms with Crippen molar-refractivity contribution in [2.45, 2.75) is 27.2 Å². The molecule has 1 aromatic carbocycles. The standard InChI is InChI=1S/C18H19N3S/c1-11-6-7-14(9-13(11)3)17-15(10-16(19)22)21-8-4-5-12(2)18(21)20-17/h4-9H,10H2,1-3H3,(H2,19,22). The summed E-state index contributed by atoms with van der Waals surface area (Å²) in [6, 6.07) is 10.5. The Labute approximate surface area is 135 Å². The molecule has 0 amide bonds. The molecule has 22 heavy (non-hydrogen) atoms. The number of benzene rings is 1. The Kier molecular flexibility index (Phi) is 3.71. The molecule has 2 heterocycles. The van der Waals surface area contributed by atoms with Crippen molar-refractivity contribution in [1.29, 1.82) is 0 Å². The average molecular weight is 309 g/mol. The molecule has 0 bridgehead atoms. The van der Waals surface area contributed by atoms with Crippen molar-refractivity contribution < 1.29 is 0 Å². The maximum atomic E-state index is 5.80. The molecule has 2 N–H and O–H groups in total. The third kappa shape index (κ3) is 2.50. The van der Waals surface area contributed by atoms with E-state index >= 15 is 0 Å². The molecule has 112 valence electrons. The van der Waals surface area contributed by atoms with Gasteiger partial charge in [0.05, 0.1) is 16.4 Å². The highest BCUT2D eigenvalue weighted by molar-refractivity contribution is 7.80. The molecule has 0 unspecified atom stereocenters. The van der Waals surface area contributed by atoms with Gasteiger partial charge in [0.25, 0.3) is 0 Å². The fourth-order valence-corrected chi connectivity index (χ4v) is 2.84. The van der Waals surface area contributed by atoms with Gasteiger partial charge in [-0.3, -0.25) is 0 Å². The minimum atomic E-state index is 0.480. The summed E-state index contributed by atoms with van der Waals surface area (Å²) in [5, 5.41) is 0. The molecular weight excluding hydrogens is 290 g/mol. The monoisotopic (exact) mass is 309 g/mol. The van der Waals surface area contributed by atoms with E-state index in [1.165, 1.54) is 11.1 Å². The fraction of sp³-hybridized carbons (Fsp3) is 0.222. The number of aryl methyl sites for hydroxylation is 3. The molecule has 0 aliphatic rings. The molecule has 3 rings (SSSR count). The first-order valence-corrected chi connectivity index (χ1v) is 7.70. The first kappa shape index (κ1) is 14.7. The summed E-state index contributed by atoms with van der Waals surface area (Å²) in [5.74, 6) is 0. The van der Waals surface area contributed by atoms with Gasteiger partial charge in [-0.05, 0) is 49.6 Å². The van der Waals surface area contributed by atoms with Crippen LogP contribution in [0, 0.1) is 20.8 Å². The Morgan fingerprint density at radius 2 is 1.91 bits per heavy atom. The molecule has 4 heteroatoms. The van der Waals surface area contributed by atoms with Gasteiger partial charge < -0.3 is 10.1 Å². The number of hydrogen-bond donors (Lipinski definition) is 1. The van der Waals surface area contributed by atoms with Gasteiger partial charge in [0.1, 0.15) is 5.65 Å². The quantitative estimate of drug-likeness (QED) is 0.749. The lowest BCUT2D eigenvalue weighted by Gasteiger charge is -2.07. The number of imidazole rings is 1. The lowest BCUT2D eigenvalue weighted by Crippen LogP contribution is -2.13. The normalized spacial score (nSPS) is 11.0. The molecular formula is C18H19N3S. The second-order valence-corrected chi connectivity index (χ2v) is 6.26. The molecule has 0 aliphatic carbocycles. The van der Waals surface area contributed by atoms with Gasteiger partial charge in [-0.2, -0.15) is 0 Å². The summed E-state index contributed by atoms with van der Waals surface area (Å²) >= 11 is 5.13. The predicted molar refractivity (Wildman–Crippen MR) is 95.3 cm³/mol. The number of thiocarbonyl (C=S) groups is 1. The highest BCUT2D eigenvalue weighted by Crippen LogP contribution is 2.27. The van der Waals surface area contributed by atoms with Crippen molar-refractivity contribution in [3.05, 3.63) is 58.9 Å². The Morgan fingerprint density at radius 1 is 1.14 bits per heavy atom. The van der Waals surface area contributed by atoms with Gasteiger partial charge in [-0.1, -0.05) is 30.4 Å². The minimum absolute atomic E-state index is 0.480. The topological polar surface area (TPSA) is 43.3 Å². The van der Waals surface area contributed by atoms with Gasteiger partial charge in [0.2, 0.25) is 0 Å². The van der Waals surface area contributed by atoms with E-state index in [2.05, 4.69) is 49.4 Å². The van der Waals surface area contributed by atoms with E-state index in [0.717, 1.165) is 28.2 Å². The van der Waals surface area contributed by atoms with Crippen LogP contribution in [0.2, 0.25) is 0 Å². The molecule has 0 aliphatic heterocycles. The highest BCUT2D eigenvalue weighted by Gasteiger charge is 2.16. The number of rotatable bonds is 3. The SMILES string of the molecule is Cc1ccc(-c2nc3c(C)cccn3c2CC(N)=S)cc1C. The average Bonchev–Trinajstić information content (AvgIpc) is 2.82. The molecule has 0 spiro atoms. The number of nitrogens with two attached hydrogens (primary N) is 1. The molecule has 0 saturated carbocycles. The van der Waals surface area contributed by atoms with E-state index < -0.39 is 0 Å². The second kappa shape index (κ2) is 5.54. The van der Waals surface area contributed by atoms with Crippen LogP contribution in [0.1, 0.15) is 22.4 Å². The van der Waals surface area contributed by atoms with E-state index in [1.54, 1.807) is 0 Å². The van der Waals surface area contributed by atoms with Crippen LogP contribution in [0.4, 0.5) is 0 Å². The first-order chi connectivity index (χ1) is 10.5. The lowest BCUT2D eigenvalue weighted by atomic mass is 10.0. The third-order valence-electron chi connectivity index (χ3n) is 4.07. The molecule has 0 radical (unpaired) electrons. The van der Waals surface area contributed by atoms with E-state index in [4.69, 9.17) is 22.9 Å². The Bertz CT molecular complexity index is 877. The van der Waals surface area contributed by atoms with E-state index in [0.29, 0.717) is 11.4 Å². The fourth-order valence-electron chi connectivity index (χ4n) is 2.71. The second-order valence-electron chi connectivity index (χ2n) is 5.73. The van der Waals surface area contributed by atoms with Crippen molar-refractivity contribution in [1.82, 2.24) is 9.38 Å². The van der Waals surface area contributed by atoms with E-state index in [9.17, 15) is 0 Å². The Hall–Kier alpha value is -2.20. The molecule has 2 aromatic heterocycles. The highest BCUT2D eigenvalue weighted by atomic mass is 32.1. The van der Waals surface area contributed by atoms with Crippen LogP contribution in [0.5, 0.6) is 0 Å². The van der Waals surface area contributed by atoms with Crippen LogP contribution in [0.25, 0.3) is 16.9 Å². The van der Waals surface area contributed by atoms with Crippen molar-refractivity contribution in [3.63, 3.8) is 0 Å². The molecule has 0 atom stereocenters. The summed E-state index contributed by atoms with van der Waals surface area (Å²) in [5.41, 5.74) is 13.6. The van der Waals surface area contributed by atoms with Crippen LogP contribution in [-0.4, -0.2) is 14.4 Å². The Balaban J connectivity index is 2.29. The lowest BCUT2D eigenvalue weighted by molar-refractivity contribution is 1.06. The van der Waals surface area contributed by atoms with Crippen LogP contribution in [0.3, 0.4) is 0 Å². The summed E-state index contributed by atoms with van der Waals surface area (Å²) in [6.45, 7) is 6.30. The largest absolute Gasteiger partial charge is 0.393 e. The molecule has 3 nitrogen and oxygen atoms in total. The summed E-state index contributed by atoms with van der Waals surface area (Å²) in [4.78, 5) is 5.33. The Morgan fingerprint density at radius 3 is 2.59 bits per heavy atom. The van der Waals surface area contributed by atoms with Crippen molar-refractivity contribution in [2.24, 2.45) is 5.73 Å². The molecule has 0 saturated heterocycles. The minimum Gasteiger partial charge on any atom is -0.393 e. The van der Waals surface area contributed by atoms with E-state index in [1.807, 2.05) is 12.3 Å². The number of aromatic nitrogens is 2. The van der Waals surface area contributed by atoms with Crippen molar-refractivity contribution in [3.8, 4) is 11.3 Å². The van der Waals surface area contributed by atoms with Gasteiger partial charge in [-0.15, -0.1) is 0 Å². The van der Waals surface area contributed by atoms with Crippen molar-refractivity contribution in [2.75, 3.05) is 0 Å². The van der Waals surface area contributed by atoms with Crippen LogP contribution < -0.4 is 5.73 Å². The zero-order valence-electron chi connectivity index (χ0n) is 13.1. The van der Waals surface area contributed by atoms with E-state index in [-0.39, 0.29) is 0 Å². The van der Waals surface area contributed by atoms with Gasteiger partial charge >= 0.3 is 0 Å². The summed E-state index contributed by atoms with van der Waals surface area (Å²) in [6.07, 6.45) is 2.57. The zero-order valence-corrected chi connectivity index (χ0v) is 13.9. The predicted octanol–water partition coefficient (Wildman–Crippen LogP) is 3.76. The van der Waals surface area contributed by atoms with Gasteiger partial charge in [0, 0.05) is 18.2 Å². The van der Waals surface area contributed by atoms with Crippen LogP contribution in [0.15, 0.2) is 36.5 Å². The maximum Gasteiger partial charge on any atom is 0.140 e. The molecule has 3 aromatic rings. The smallest absolute Gasteiger partial charge is 0.140 e. The zero-order chi connectivity index (χ0) is 15.9. The maximum absolute atomic E-state index is 5.80. The number of fused-ring (bicyclic) bond motifs is 1. The molecule has 0 fully saturated rings. The number of nitrogens with zero attached hydrogens (tertiary/aromatic N) is 2. The summed E-state index contributed by atoms with van der Waals surface area (Å²) < 4.78 is 2.10. The van der Waals surface area contributed by atoms with Crippen molar-refractivity contribution >= 4 is 22.9 Å². The van der Waals surface area contributed by atoms with Gasteiger partial charge in [-0.25, -0.2) is 4.98 Å². The third-order valence-corrected chi connectivity index (χ3v) is 4.21. The van der Waals surface area contributed by atoms with Crippen LogP contribution in [-0.2, 0) is 6.42 Å². The van der Waals surface area contributed by atoms with Crippen LogP contribution >= 0.6 is 12.2 Å². The summed E-state index contributed by atoms with van der Waals surface area (Å²) in [7, 11) is 0.